The van der Waals surface area contributed by atoms with Crippen molar-refractivity contribution in [1.29, 1.82) is 0 Å². The summed E-state index contributed by atoms with van der Waals surface area (Å²) >= 11 is 6.10. The number of alkyl halides is 3. The molecule has 5 heterocycles. The van der Waals surface area contributed by atoms with Crippen LogP contribution in [0.4, 0.5) is 18.9 Å². The molecule has 3 amide bonds. The first-order chi connectivity index (χ1) is 22.8. The van der Waals surface area contributed by atoms with Crippen LogP contribution in [-0.2, 0) is 15.8 Å². The van der Waals surface area contributed by atoms with Crippen molar-refractivity contribution in [3.8, 4) is 5.75 Å². The van der Waals surface area contributed by atoms with Crippen LogP contribution in [0.25, 0.3) is 0 Å². The Morgan fingerprint density at radius 3 is 2.52 bits per heavy atom. The Hall–Kier alpha value is -4.90. The quantitative estimate of drug-likeness (QED) is 0.340. The SMILES string of the molecule is CCC1=C(N2CCN(C(=O)c3ncnc(C)c3O)CC2)C(=O)N2NC(=CC3CNC3)N=C2N1CC(=O)Nc1ccc(C(F)(F)F)cc1Cl. The molecule has 0 spiro atoms. The van der Waals surface area contributed by atoms with Gasteiger partial charge in [0.2, 0.25) is 11.9 Å². The largest absolute Gasteiger partial charge is 0.504 e. The van der Waals surface area contributed by atoms with Crippen LogP contribution in [0.5, 0.6) is 5.75 Å². The lowest BCUT2D eigenvalue weighted by molar-refractivity contribution is -0.137. The molecule has 4 aliphatic heterocycles. The minimum absolute atomic E-state index is 0.00267. The van der Waals surface area contributed by atoms with Gasteiger partial charge in [0.05, 0.1) is 27.7 Å². The first kappa shape index (κ1) is 33.0. The number of hydrogen-bond acceptors (Lipinski definition) is 11. The third-order valence-electron chi connectivity index (χ3n) is 8.40. The van der Waals surface area contributed by atoms with Crippen molar-refractivity contribution in [2.24, 2.45) is 10.9 Å². The molecule has 1 aromatic heterocycles. The van der Waals surface area contributed by atoms with Crippen LogP contribution in [0.15, 0.2) is 52.8 Å². The summed E-state index contributed by atoms with van der Waals surface area (Å²) in [6.07, 6.45) is -1.17. The number of fused-ring (bicyclic) bond motifs is 1. The van der Waals surface area contributed by atoms with Gasteiger partial charge in [-0.25, -0.2) is 9.97 Å². The average Bonchev–Trinajstić information content (AvgIpc) is 3.46. The van der Waals surface area contributed by atoms with Gasteiger partial charge < -0.3 is 30.4 Å². The molecule has 18 heteroatoms. The zero-order chi connectivity index (χ0) is 34.3. The highest BCUT2D eigenvalue weighted by atomic mass is 35.5. The highest BCUT2D eigenvalue weighted by molar-refractivity contribution is 6.33. The van der Waals surface area contributed by atoms with E-state index in [1.165, 1.54) is 16.2 Å². The smallest absolute Gasteiger partial charge is 0.416 e. The van der Waals surface area contributed by atoms with E-state index in [2.05, 4.69) is 31.0 Å². The molecule has 0 saturated carbocycles. The highest BCUT2D eigenvalue weighted by Gasteiger charge is 2.44. The number of amides is 3. The summed E-state index contributed by atoms with van der Waals surface area (Å²) in [4.78, 5) is 58.1. The van der Waals surface area contributed by atoms with Crippen LogP contribution in [-0.4, -0.2) is 104 Å². The zero-order valence-corrected chi connectivity index (χ0v) is 26.7. The van der Waals surface area contributed by atoms with Crippen molar-refractivity contribution < 1.29 is 32.7 Å². The Kier molecular flexibility index (Phi) is 8.91. The lowest BCUT2D eigenvalue weighted by atomic mass is 10.0. The number of aryl methyl sites for hydroxylation is 1. The third-order valence-corrected chi connectivity index (χ3v) is 8.71. The van der Waals surface area contributed by atoms with E-state index in [0.29, 0.717) is 23.6 Å². The van der Waals surface area contributed by atoms with E-state index in [1.54, 1.807) is 11.8 Å². The number of guanidine groups is 1. The first-order valence-corrected chi connectivity index (χ1v) is 15.6. The molecule has 2 saturated heterocycles. The average molecular weight is 689 g/mol. The predicted molar refractivity (Wildman–Crippen MR) is 167 cm³/mol. The van der Waals surface area contributed by atoms with Crippen LogP contribution in [0.1, 0.15) is 35.1 Å². The lowest BCUT2D eigenvalue weighted by Crippen LogP contribution is -2.59. The van der Waals surface area contributed by atoms with E-state index in [9.17, 15) is 32.7 Å². The third kappa shape index (κ3) is 6.34. The molecule has 0 aliphatic carbocycles. The van der Waals surface area contributed by atoms with E-state index < -0.39 is 29.5 Å². The number of carbonyl (C=O) groups excluding carboxylic acids is 3. The Morgan fingerprint density at radius 2 is 1.90 bits per heavy atom. The van der Waals surface area contributed by atoms with Crippen molar-refractivity contribution in [2.45, 2.75) is 26.4 Å². The molecule has 0 bridgehead atoms. The van der Waals surface area contributed by atoms with Gasteiger partial charge in [-0.1, -0.05) is 18.5 Å². The van der Waals surface area contributed by atoms with Crippen molar-refractivity contribution in [2.75, 3.05) is 51.1 Å². The molecule has 6 rings (SSSR count). The Morgan fingerprint density at radius 1 is 1.17 bits per heavy atom. The molecule has 2 aromatic rings. The van der Waals surface area contributed by atoms with E-state index >= 15 is 0 Å². The summed E-state index contributed by atoms with van der Waals surface area (Å²) in [5.74, 6) is -0.934. The maximum atomic E-state index is 14.1. The number of anilines is 1. The fourth-order valence-electron chi connectivity index (χ4n) is 5.75. The van der Waals surface area contributed by atoms with Gasteiger partial charge in [-0.05, 0) is 37.6 Å². The topological polar surface area (TPSA) is 159 Å². The zero-order valence-electron chi connectivity index (χ0n) is 25.9. The molecule has 254 valence electrons. The summed E-state index contributed by atoms with van der Waals surface area (Å²) in [6.45, 7) is 5.53. The molecule has 0 unspecified atom stereocenters. The van der Waals surface area contributed by atoms with Crippen molar-refractivity contribution in [3.05, 3.63) is 69.8 Å². The van der Waals surface area contributed by atoms with Crippen LogP contribution in [0.3, 0.4) is 0 Å². The maximum Gasteiger partial charge on any atom is 0.416 e. The Bertz CT molecular complexity index is 1750. The Labute approximate surface area is 277 Å². The summed E-state index contributed by atoms with van der Waals surface area (Å²) in [6, 6.07) is 2.65. The number of piperazine rings is 1. The fourth-order valence-corrected chi connectivity index (χ4v) is 5.98. The number of halogens is 4. The minimum Gasteiger partial charge on any atom is -0.504 e. The van der Waals surface area contributed by atoms with Gasteiger partial charge in [0.25, 0.3) is 11.8 Å². The number of carbonyl (C=O) groups is 3. The molecule has 0 atom stereocenters. The van der Waals surface area contributed by atoms with Gasteiger partial charge in [0.15, 0.2) is 11.4 Å². The van der Waals surface area contributed by atoms with E-state index in [-0.39, 0.29) is 72.4 Å². The minimum atomic E-state index is -4.60. The number of hydrazine groups is 1. The molecule has 1 aromatic carbocycles. The number of hydrogen-bond donors (Lipinski definition) is 4. The van der Waals surface area contributed by atoms with Crippen molar-refractivity contribution >= 4 is 41.0 Å². The standard InChI is InChI=1S/C30H32ClF3N10O4/c1-3-21-25(41-6-8-42(9-7-41)27(47)24-26(46)16(2)36-15-37-24)28(48)44-29(39-22(40-44)10-17-12-35-13-17)43(21)14-23(45)38-20-5-4-18(11-19(20)31)30(32,33)34/h4-5,10-11,15,17,35,40,46H,3,6-9,12-14H2,1-2H3,(H,38,45). The second kappa shape index (κ2) is 13.0. The predicted octanol–water partition coefficient (Wildman–Crippen LogP) is 2.26. The van der Waals surface area contributed by atoms with Gasteiger partial charge in [-0.2, -0.15) is 23.2 Å². The molecule has 2 fully saturated rings. The monoisotopic (exact) mass is 688 g/mol. The number of rotatable bonds is 7. The van der Waals surface area contributed by atoms with Gasteiger partial charge in [0.1, 0.15) is 24.4 Å². The number of allylic oxidation sites excluding steroid dienone is 1. The maximum absolute atomic E-state index is 14.1. The van der Waals surface area contributed by atoms with Crippen LogP contribution >= 0.6 is 11.6 Å². The number of aromatic nitrogens is 2. The number of nitrogens with one attached hydrogen (secondary N) is 3. The molecular formula is C30H32ClF3N10O4. The van der Waals surface area contributed by atoms with Gasteiger partial charge in [-0.3, -0.25) is 19.8 Å². The van der Waals surface area contributed by atoms with Gasteiger partial charge in [0, 0.05) is 45.2 Å². The molecule has 4 N–H and O–H groups in total. The van der Waals surface area contributed by atoms with Gasteiger partial charge >= 0.3 is 6.18 Å². The molecular weight excluding hydrogens is 657 g/mol. The first-order valence-electron chi connectivity index (χ1n) is 15.2. The molecule has 4 aliphatic rings. The lowest BCUT2D eigenvalue weighted by Gasteiger charge is -2.43. The number of aromatic hydroxyl groups is 1. The van der Waals surface area contributed by atoms with Crippen molar-refractivity contribution in [1.82, 2.24) is 40.4 Å². The van der Waals surface area contributed by atoms with E-state index in [4.69, 9.17) is 11.6 Å². The molecule has 0 radical (unpaired) electrons. The summed E-state index contributed by atoms with van der Waals surface area (Å²) in [7, 11) is 0. The summed E-state index contributed by atoms with van der Waals surface area (Å²) in [5, 5.41) is 17.1. The molecule has 48 heavy (non-hydrogen) atoms. The number of benzene rings is 1. The molecule has 14 nitrogen and oxygen atoms in total. The number of nitrogens with zero attached hydrogens (tertiary/aromatic N) is 7. The van der Waals surface area contributed by atoms with E-state index in [1.807, 2.05) is 17.9 Å². The van der Waals surface area contributed by atoms with E-state index in [0.717, 1.165) is 31.3 Å². The second-order valence-electron chi connectivity index (χ2n) is 11.5. The second-order valence-corrected chi connectivity index (χ2v) is 12.0. The highest BCUT2D eigenvalue weighted by Crippen LogP contribution is 2.35. The summed E-state index contributed by atoms with van der Waals surface area (Å²) < 4.78 is 39.5. The van der Waals surface area contributed by atoms with Crippen LogP contribution < -0.4 is 16.1 Å². The summed E-state index contributed by atoms with van der Waals surface area (Å²) in [5.41, 5.74) is 3.07. The van der Waals surface area contributed by atoms with Crippen LogP contribution in [0, 0.1) is 12.8 Å². The number of aliphatic imine (C=N–C) groups is 1. The van der Waals surface area contributed by atoms with Gasteiger partial charge in [-0.15, -0.1) is 0 Å². The normalized spacial score (nSPS) is 19.3. The Balaban J connectivity index is 1.26. The fraction of sp³-hybridized carbons (Fsp3) is 0.400. The van der Waals surface area contributed by atoms with Crippen LogP contribution in [0.2, 0.25) is 5.02 Å². The van der Waals surface area contributed by atoms with Crippen molar-refractivity contribution in [3.63, 3.8) is 0 Å².